The summed E-state index contributed by atoms with van der Waals surface area (Å²) in [6.45, 7) is -0.753. The number of carbonyl (C=O) groups excluding carboxylic acids is 1. The van der Waals surface area contributed by atoms with Crippen molar-refractivity contribution >= 4 is 47.2 Å². The number of nitrogen functional groups attached to an aromatic ring is 1. The predicted octanol–water partition coefficient (Wildman–Crippen LogP) is 3.72. The van der Waals surface area contributed by atoms with Gasteiger partial charge in [0.2, 0.25) is 0 Å². The Bertz CT molecular complexity index is 1720. The Balaban J connectivity index is 1.14. The molecule has 2 aliphatic carbocycles. The smallest absolute Gasteiger partial charge is 0.426 e. The minimum absolute atomic E-state index is 0.105. The van der Waals surface area contributed by atoms with Crippen LogP contribution in [0.15, 0.2) is 30.5 Å². The van der Waals surface area contributed by atoms with E-state index in [4.69, 9.17) is 20.3 Å². The number of aromatic nitrogens is 4. The third-order valence-electron chi connectivity index (χ3n) is 8.85. The van der Waals surface area contributed by atoms with E-state index in [0.717, 1.165) is 41.3 Å². The van der Waals surface area contributed by atoms with E-state index in [2.05, 4.69) is 30.5 Å². The topological polar surface area (TPSA) is 190 Å². The maximum absolute atomic E-state index is 15.5. The maximum Gasteiger partial charge on any atom is 0.469 e. The SMILES string of the molecule is Nc1nn(COC(=O)NCCOP(=O)(O)O)c2ccc([C@@H]3Nc4c(F)cc5[nH]ncc5c4[C@H]4C5CCC(C5)[C@@H]34)cc12. The van der Waals surface area contributed by atoms with E-state index >= 15 is 4.39 Å². The third kappa shape index (κ3) is 4.51. The lowest BCUT2D eigenvalue weighted by molar-refractivity contribution is 0.107. The Morgan fingerprint density at radius 1 is 1.24 bits per heavy atom. The van der Waals surface area contributed by atoms with Crippen LogP contribution < -0.4 is 16.4 Å². The standard InChI is InChI=1S/C26H29FN7O6P/c27-17-9-18-16(10-30-32-18)22-20-12-1-2-13(7-12)21(20)23(31-24(17)22)14-3-4-19-15(8-14)25(28)33-34(19)11-39-26(35)29-5-6-40-41(36,37)38/h3-4,8-10,12-13,20-21,23,31H,1-2,5-7,11H2,(H2,28,33)(H,29,35)(H,30,32)(H2,36,37,38)/t12?,13?,20-,21+,23-/m0/s1. The Hall–Kier alpha value is -3.71. The molecular weight excluding hydrogens is 556 g/mol. The van der Waals surface area contributed by atoms with Crippen LogP contribution in [-0.4, -0.2) is 49.0 Å². The van der Waals surface area contributed by atoms with E-state index in [9.17, 15) is 9.36 Å². The summed E-state index contributed by atoms with van der Waals surface area (Å²) in [6, 6.07) is 7.24. The lowest BCUT2D eigenvalue weighted by Gasteiger charge is -2.43. The first-order valence-electron chi connectivity index (χ1n) is 13.5. The maximum atomic E-state index is 15.5. The second-order valence-electron chi connectivity index (χ2n) is 11.0. The fraction of sp³-hybridized carbons (Fsp3) is 0.423. The van der Waals surface area contributed by atoms with Gasteiger partial charge in [-0.2, -0.15) is 10.2 Å². The number of phosphoric ester groups is 1. The normalized spacial score (nSPS) is 24.8. The molecule has 2 unspecified atom stereocenters. The van der Waals surface area contributed by atoms with Crippen molar-refractivity contribution in [3.05, 3.63) is 47.4 Å². The van der Waals surface area contributed by atoms with Crippen molar-refractivity contribution in [1.82, 2.24) is 25.3 Å². The van der Waals surface area contributed by atoms with Gasteiger partial charge in [-0.15, -0.1) is 0 Å². The van der Waals surface area contributed by atoms with Crippen molar-refractivity contribution in [2.24, 2.45) is 17.8 Å². The van der Waals surface area contributed by atoms with E-state index in [-0.39, 0.29) is 43.5 Å². The third-order valence-corrected chi connectivity index (χ3v) is 9.37. The molecule has 2 aromatic heterocycles. The number of alkyl carbamates (subject to hydrolysis) is 1. The van der Waals surface area contributed by atoms with Crippen molar-refractivity contribution in [2.45, 2.75) is 38.0 Å². The summed E-state index contributed by atoms with van der Waals surface area (Å²) < 4.78 is 37.1. The minimum atomic E-state index is -4.61. The summed E-state index contributed by atoms with van der Waals surface area (Å²) in [5.41, 5.74) is 10.2. The Morgan fingerprint density at radius 2 is 2.07 bits per heavy atom. The van der Waals surface area contributed by atoms with Crippen LogP contribution in [0.5, 0.6) is 0 Å². The average Bonchev–Trinajstić information content (AvgIpc) is 3.73. The van der Waals surface area contributed by atoms with Gasteiger partial charge in [0.25, 0.3) is 0 Å². The van der Waals surface area contributed by atoms with Crippen LogP contribution in [-0.2, 0) is 20.6 Å². The van der Waals surface area contributed by atoms with E-state index in [1.807, 2.05) is 18.2 Å². The molecule has 3 aliphatic rings. The first-order valence-corrected chi connectivity index (χ1v) is 15.0. The highest BCUT2D eigenvalue weighted by Gasteiger charge is 2.54. The number of halogens is 1. The van der Waals surface area contributed by atoms with Gasteiger partial charge in [0, 0.05) is 23.4 Å². The predicted molar refractivity (Wildman–Crippen MR) is 146 cm³/mol. The van der Waals surface area contributed by atoms with Gasteiger partial charge in [-0.25, -0.2) is 18.4 Å². The van der Waals surface area contributed by atoms with Crippen LogP contribution in [0.4, 0.5) is 20.7 Å². The van der Waals surface area contributed by atoms with Crippen LogP contribution in [0.2, 0.25) is 0 Å². The molecule has 7 rings (SSSR count). The zero-order valence-corrected chi connectivity index (χ0v) is 22.7. The molecule has 0 spiro atoms. The zero-order chi connectivity index (χ0) is 28.5. The second kappa shape index (κ2) is 9.69. The van der Waals surface area contributed by atoms with E-state index in [1.165, 1.54) is 10.7 Å². The summed E-state index contributed by atoms with van der Waals surface area (Å²) >= 11 is 0. The highest BCUT2D eigenvalue weighted by molar-refractivity contribution is 7.46. The molecule has 0 radical (unpaired) electrons. The molecule has 13 nitrogen and oxygen atoms in total. The summed E-state index contributed by atoms with van der Waals surface area (Å²) in [6.07, 6.45) is 4.45. The van der Waals surface area contributed by atoms with Crippen LogP contribution in [0, 0.1) is 23.6 Å². The van der Waals surface area contributed by atoms with Gasteiger partial charge >= 0.3 is 13.9 Å². The van der Waals surface area contributed by atoms with Crippen molar-refractivity contribution in [3.63, 3.8) is 0 Å². The Morgan fingerprint density at radius 3 is 2.90 bits per heavy atom. The molecule has 2 bridgehead atoms. The fourth-order valence-corrected chi connectivity index (χ4v) is 7.71. The number of aromatic amines is 1. The van der Waals surface area contributed by atoms with Gasteiger partial charge < -0.3 is 30.9 Å². The quantitative estimate of drug-likeness (QED) is 0.138. The van der Waals surface area contributed by atoms with Gasteiger partial charge in [-0.1, -0.05) is 6.07 Å². The number of hydrogen-bond donors (Lipinski definition) is 6. The summed E-state index contributed by atoms with van der Waals surface area (Å²) in [5.74, 6) is 1.57. The molecule has 4 aromatic rings. The molecule has 5 atom stereocenters. The summed E-state index contributed by atoms with van der Waals surface area (Å²) in [5, 5.41) is 19.0. The first-order chi connectivity index (χ1) is 19.7. The number of nitrogens with two attached hydrogens (primary N) is 1. The molecule has 2 aromatic carbocycles. The molecule has 216 valence electrons. The number of benzene rings is 2. The molecular formula is C26H29FN7O6P. The van der Waals surface area contributed by atoms with Gasteiger partial charge in [0.1, 0.15) is 5.82 Å². The van der Waals surface area contributed by atoms with Gasteiger partial charge in [-0.3, -0.25) is 9.62 Å². The fourth-order valence-electron chi connectivity index (χ4n) is 7.38. The van der Waals surface area contributed by atoms with Crippen LogP contribution in [0.3, 0.4) is 0 Å². The molecule has 7 N–H and O–H groups in total. The monoisotopic (exact) mass is 585 g/mol. The number of nitrogens with zero attached hydrogens (tertiary/aromatic N) is 3. The zero-order valence-electron chi connectivity index (χ0n) is 21.8. The Labute approximate surface area is 232 Å². The molecule has 3 heterocycles. The molecule has 0 saturated heterocycles. The molecule has 1 amide bonds. The number of carbonyl (C=O) groups is 1. The van der Waals surface area contributed by atoms with Gasteiger partial charge in [0.15, 0.2) is 12.5 Å². The van der Waals surface area contributed by atoms with E-state index < -0.39 is 13.9 Å². The molecule has 1 aliphatic heterocycles. The number of hydrogen-bond acceptors (Lipinski definition) is 8. The highest BCUT2D eigenvalue weighted by Crippen LogP contribution is 2.65. The van der Waals surface area contributed by atoms with Gasteiger partial charge in [0.05, 0.1) is 35.6 Å². The number of ether oxygens (including phenoxy) is 1. The number of amides is 1. The van der Waals surface area contributed by atoms with Crippen molar-refractivity contribution in [3.8, 4) is 0 Å². The number of rotatable bonds is 7. The number of H-pyrrole nitrogens is 1. The van der Waals surface area contributed by atoms with Crippen molar-refractivity contribution in [2.75, 3.05) is 24.2 Å². The molecule has 2 saturated carbocycles. The molecule has 15 heteroatoms. The number of fused-ring (bicyclic) bond motifs is 10. The average molecular weight is 586 g/mol. The van der Waals surface area contributed by atoms with Crippen molar-refractivity contribution in [1.29, 1.82) is 0 Å². The Kier molecular flexibility index (Phi) is 6.19. The van der Waals surface area contributed by atoms with Gasteiger partial charge in [-0.05, 0) is 66.2 Å². The lowest BCUT2D eigenvalue weighted by atomic mass is 9.67. The number of anilines is 2. The highest BCUT2D eigenvalue weighted by atomic mass is 31.2. The van der Waals surface area contributed by atoms with Crippen LogP contribution >= 0.6 is 7.82 Å². The van der Waals surface area contributed by atoms with E-state index in [0.29, 0.717) is 34.3 Å². The van der Waals surface area contributed by atoms with Crippen LogP contribution in [0.1, 0.15) is 42.3 Å². The minimum Gasteiger partial charge on any atom is -0.426 e. The molecule has 41 heavy (non-hydrogen) atoms. The number of nitrogens with one attached hydrogen (secondary N) is 3. The van der Waals surface area contributed by atoms with Crippen LogP contribution in [0.25, 0.3) is 21.8 Å². The summed E-state index contributed by atoms with van der Waals surface area (Å²) in [7, 11) is -4.61. The molecule has 2 fully saturated rings. The lowest BCUT2D eigenvalue weighted by Crippen LogP contribution is -2.36. The second-order valence-corrected chi connectivity index (χ2v) is 12.2. The first kappa shape index (κ1) is 26.2. The van der Waals surface area contributed by atoms with Crippen molar-refractivity contribution < 1.29 is 32.8 Å². The summed E-state index contributed by atoms with van der Waals surface area (Å²) in [4.78, 5) is 29.4. The number of phosphoric acid groups is 1. The largest absolute Gasteiger partial charge is 0.469 e. The van der Waals surface area contributed by atoms with E-state index in [1.54, 1.807) is 6.20 Å².